The van der Waals surface area contributed by atoms with Crippen molar-refractivity contribution in [2.45, 2.75) is 46.1 Å². The van der Waals surface area contributed by atoms with E-state index >= 15 is 4.39 Å². The molecule has 2 N–H and O–H groups in total. The van der Waals surface area contributed by atoms with Crippen molar-refractivity contribution in [1.82, 2.24) is 29.8 Å². The molecule has 1 aliphatic heterocycles. The smallest absolute Gasteiger partial charge is 0.249 e. The molecule has 5 heterocycles. The van der Waals surface area contributed by atoms with Gasteiger partial charge in [0, 0.05) is 24.7 Å². The van der Waals surface area contributed by atoms with E-state index in [0.717, 1.165) is 16.6 Å². The van der Waals surface area contributed by atoms with Crippen molar-refractivity contribution < 1.29 is 8.81 Å². The zero-order valence-electron chi connectivity index (χ0n) is 17.1. The fraction of sp³-hybridized carbons (Fsp3) is 0.350. The van der Waals surface area contributed by atoms with E-state index in [1.807, 2.05) is 13.1 Å². The van der Waals surface area contributed by atoms with Crippen LogP contribution < -0.4 is 10.6 Å². The fourth-order valence-electron chi connectivity index (χ4n) is 3.93. The quantitative estimate of drug-likeness (QED) is 0.525. The van der Waals surface area contributed by atoms with Crippen LogP contribution in [0.5, 0.6) is 0 Å². The number of hydrogen-bond acceptors (Lipinski definition) is 8. The highest BCUT2D eigenvalue weighted by molar-refractivity contribution is 5.83. The second-order valence-corrected chi connectivity index (χ2v) is 7.83. The number of aryl methyl sites for hydroxylation is 1. The van der Waals surface area contributed by atoms with Gasteiger partial charge >= 0.3 is 0 Å². The summed E-state index contributed by atoms with van der Waals surface area (Å²) >= 11 is 0. The van der Waals surface area contributed by atoms with Crippen molar-refractivity contribution in [2.75, 3.05) is 10.6 Å². The van der Waals surface area contributed by atoms with Gasteiger partial charge in [-0.05, 0) is 24.8 Å². The van der Waals surface area contributed by atoms with E-state index < -0.39 is 0 Å². The molecule has 0 aromatic carbocycles. The third kappa shape index (κ3) is 2.87. The van der Waals surface area contributed by atoms with Crippen LogP contribution in [-0.4, -0.2) is 35.8 Å². The maximum Gasteiger partial charge on any atom is 0.249 e. The predicted molar refractivity (Wildman–Crippen MR) is 109 cm³/mol. The molecule has 0 fully saturated rings. The Hall–Kier alpha value is -3.56. The minimum atomic E-state index is -0.320. The summed E-state index contributed by atoms with van der Waals surface area (Å²) < 4.78 is 22.5. The first-order valence-electron chi connectivity index (χ1n) is 9.80. The molecular formula is C20H21FN8O. The summed E-state index contributed by atoms with van der Waals surface area (Å²) in [7, 11) is 0. The van der Waals surface area contributed by atoms with Crippen LogP contribution in [0.15, 0.2) is 23.1 Å². The van der Waals surface area contributed by atoms with Gasteiger partial charge in [0.1, 0.15) is 17.7 Å². The van der Waals surface area contributed by atoms with E-state index in [-0.39, 0.29) is 23.5 Å². The minimum absolute atomic E-state index is 0.108. The van der Waals surface area contributed by atoms with Gasteiger partial charge < -0.3 is 15.1 Å². The summed E-state index contributed by atoms with van der Waals surface area (Å²) in [6.45, 7) is 7.86. The van der Waals surface area contributed by atoms with Crippen LogP contribution in [0.2, 0.25) is 0 Å². The Morgan fingerprint density at radius 1 is 1.30 bits per heavy atom. The molecule has 30 heavy (non-hydrogen) atoms. The maximum absolute atomic E-state index is 15.1. The largest absolute Gasteiger partial charge is 0.421 e. The Balaban J connectivity index is 1.64. The van der Waals surface area contributed by atoms with Crippen molar-refractivity contribution in [3.63, 3.8) is 0 Å². The Morgan fingerprint density at radius 3 is 2.87 bits per heavy atom. The molecule has 0 saturated carbocycles. The van der Waals surface area contributed by atoms with Crippen molar-refractivity contribution in [1.29, 1.82) is 0 Å². The molecule has 0 amide bonds. The van der Waals surface area contributed by atoms with Crippen molar-refractivity contribution in [2.24, 2.45) is 0 Å². The normalized spacial score (nSPS) is 15.6. The highest BCUT2D eigenvalue weighted by Gasteiger charge is 2.26. The number of nitrogens with zero attached hydrogens (tertiary/aromatic N) is 6. The van der Waals surface area contributed by atoms with Gasteiger partial charge in [0.2, 0.25) is 11.8 Å². The van der Waals surface area contributed by atoms with Crippen molar-refractivity contribution in [3.05, 3.63) is 41.6 Å². The Kier molecular flexibility index (Phi) is 4.16. The second kappa shape index (κ2) is 6.75. The summed E-state index contributed by atoms with van der Waals surface area (Å²) in [5.41, 5.74) is 3.30. The van der Waals surface area contributed by atoms with E-state index in [2.05, 4.69) is 49.7 Å². The summed E-state index contributed by atoms with van der Waals surface area (Å²) in [5, 5.41) is 18.7. The lowest BCUT2D eigenvalue weighted by Crippen LogP contribution is -2.08. The molecule has 4 aromatic rings. The van der Waals surface area contributed by atoms with Gasteiger partial charge in [-0.2, -0.15) is 5.10 Å². The lowest BCUT2D eigenvalue weighted by Gasteiger charge is -2.12. The highest BCUT2D eigenvalue weighted by Crippen LogP contribution is 2.37. The van der Waals surface area contributed by atoms with Crippen LogP contribution in [-0.2, 0) is 6.42 Å². The van der Waals surface area contributed by atoms with Crippen LogP contribution >= 0.6 is 0 Å². The SMILES string of the molecule is Cc1nnc(-c2cn3ncnc(Nc4cnc5c(c4F)CC(C)N5)c3c2C(C)C)o1. The zero-order valence-corrected chi connectivity index (χ0v) is 17.1. The maximum atomic E-state index is 15.1. The number of nitrogens with one attached hydrogen (secondary N) is 2. The lowest BCUT2D eigenvalue weighted by atomic mass is 10.00. The van der Waals surface area contributed by atoms with Crippen LogP contribution in [0.4, 0.5) is 21.7 Å². The molecule has 5 rings (SSSR count). The average Bonchev–Trinajstić information content (AvgIpc) is 3.40. The van der Waals surface area contributed by atoms with Gasteiger partial charge in [-0.3, -0.25) is 0 Å². The molecule has 10 heteroatoms. The fourth-order valence-corrected chi connectivity index (χ4v) is 3.93. The first-order valence-corrected chi connectivity index (χ1v) is 9.80. The molecule has 0 aliphatic carbocycles. The van der Waals surface area contributed by atoms with Crippen molar-refractivity contribution >= 4 is 22.8 Å². The lowest BCUT2D eigenvalue weighted by molar-refractivity contribution is 0.532. The monoisotopic (exact) mass is 408 g/mol. The van der Waals surface area contributed by atoms with Gasteiger partial charge in [-0.15, -0.1) is 10.2 Å². The highest BCUT2D eigenvalue weighted by atomic mass is 19.1. The number of fused-ring (bicyclic) bond motifs is 2. The zero-order chi connectivity index (χ0) is 21.0. The van der Waals surface area contributed by atoms with E-state index in [1.54, 1.807) is 11.4 Å². The van der Waals surface area contributed by atoms with Gasteiger partial charge in [0.15, 0.2) is 11.6 Å². The Morgan fingerprint density at radius 2 is 2.13 bits per heavy atom. The van der Waals surface area contributed by atoms with Crippen molar-refractivity contribution in [3.8, 4) is 11.5 Å². The molecular weight excluding hydrogens is 387 g/mol. The molecule has 4 aromatic heterocycles. The molecule has 0 bridgehead atoms. The van der Waals surface area contributed by atoms with Gasteiger partial charge in [-0.25, -0.2) is 18.9 Å². The molecule has 1 unspecified atom stereocenters. The number of aromatic nitrogens is 6. The van der Waals surface area contributed by atoms with Gasteiger partial charge in [-0.1, -0.05) is 13.8 Å². The van der Waals surface area contributed by atoms with Crippen LogP contribution in [0, 0.1) is 12.7 Å². The second-order valence-electron chi connectivity index (χ2n) is 7.83. The molecule has 154 valence electrons. The summed E-state index contributed by atoms with van der Waals surface area (Å²) in [6.07, 6.45) is 5.32. The predicted octanol–water partition coefficient (Wildman–Crippen LogP) is 3.85. The summed E-state index contributed by atoms with van der Waals surface area (Å²) in [5.74, 6) is 1.76. The number of anilines is 3. The molecule has 0 spiro atoms. The first kappa shape index (κ1) is 18.5. The minimum Gasteiger partial charge on any atom is -0.421 e. The van der Waals surface area contributed by atoms with Crippen LogP contribution in [0.1, 0.15) is 43.7 Å². The molecule has 1 atom stereocenters. The number of halogens is 1. The topological polar surface area (TPSA) is 106 Å². The van der Waals surface area contributed by atoms with Crippen LogP contribution in [0.3, 0.4) is 0 Å². The number of hydrogen-bond donors (Lipinski definition) is 2. The standard InChI is InChI=1S/C20H21FN8O/c1-9(2)15-13(20-28-27-11(4)30-20)7-29-17(15)19(23-8-24-29)26-14-6-22-18-12(16(14)21)5-10(3)25-18/h6-10H,5H2,1-4H3,(H,22,25)(H,23,24,26). The Bertz CT molecular complexity index is 1260. The summed E-state index contributed by atoms with van der Waals surface area (Å²) in [4.78, 5) is 8.75. The molecule has 0 radical (unpaired) electrons. The van der Waals surface area contributed by atoms with E-state index in [1.165, 1.54) is 12.5 Å². The van der Waals surface area contributed by atoms with E-state index in [4.69, 9.17) is 4.42 Å². The summed E-state index contributed by atoms with van der Waals surface area (Å²) in [6, 6.07) is 0.154. The van der Waals surface area contributed by atoms with Gasteiger partial charge in [0.05, 0.1) is 17.4 Å². The van der Waals surface area contributed by atoms with Crippen LogP contribution in [0.25, 0.3) is 17.0 Å². The van der Waals surface area contributed by atoms with Gasteiger partial charge in [0.25, 0.3) is 0 Å². The molecule has 1 aliphatic rings. The van der Waals surface area contributed by atoms with E-state index in [0.29, 0.717) is 35.4 Å². The number of rotatable bonds is 4. The molecule has 0 saturated heterocycles. The number of pyridine rings is 1. The molecule has 9 nitrogen and oxygen atoms in total. The third-order valence-electron chi connectivity index (χ3n) is 5.20. The average molecular weight is 408 g/mol. The first-order chi connectivity index (χ1) is 14.4. The van der Waals surface area contributed by atoms with E-state index in [9.17, 15) is 0 Å². The third-order valence-corrected chi connectivity index (χ3v) is 5.20. The Labute approximate surface area is 171 Å².